The second-order valence-corrected chi connectivity index (χ2v) is 4.60. The van der Waals surface area contributed by atoms with Crippen molar-refractivity contribution in [1.29, 1.82) is 0 Å². The highest BCUT2D eigenvalue weighted by atomic mass is 16.4. The van der Waals surface area contributed by atoms with E-state index in [2.05, 4.69) is 23.7 Å². The number of furan rings is 1. The van der Waals surface area contributed by atoms with Gasteiger partial charge in [0.05, 0.1) is 6.26 Å². The first-order valence-electron chi connectivity index (χ1n) is 7.21. The second-order valence-electron chi connectivity index (χ2n) is 4.60. The van der Waals surface area contributed by atoms with Gasteiger partial charge in [-0.1, -0.05) is 31.3 Å². The minimum absolute atomic E-state index is 0.286. The van der Waals surface area contributed by atoms with E-state index in [9.17, 15) is 4.79 Å². The standard InChI is InChI=1S/C18H20O3/c19-18(20)15-11-9-7-5-3-1-2-4-6-8-10-13-17-14-12-16-21-17/h2,4,12,14,16H,1,3,5,7,9,11,15H2,(H,19,20). The van der Waals surface area contributed by atoms with Crippen molar-refractivity contribution in [2.75, 3.05) is 0 Å². The molecule has 21 heavy (non-hydrogen) atoms. The van der Waals surface area contributed by atoms with Crippen LogP contribution in [0.4, 0.5) is 0 Å². The number of rotatable bonds is 8. The zero-order chi connectivity index (χ0) is 15.2. The van der Waals surface area contributed by atoms with E-state index in [1.54, 1.807) is 18.4 Å². The van der Waals surface area contributed by atoms with Gasteiger partial charge < -0.3 is 9.52 Å². The van der Waals surface area contributed by atoms with E-state index in [-0.39, 0.29) is 6.42 Å². The predicted molar refractivity (Wildman–Crippen MR) is 82.5 cm³/mol. The first kappa shape index (κ1) is 16.7. The van der Waals surface area contributed by atoms with Crippen LogP contribution in [0.15, 0.2) is 35.0 Å². The van der Waals surface area contributed by atoms with Crippen LogP contribution < -0.4 is 0 Å². The first-order chi connectivity index (χ1) is 10.3. The summed E-state index contributed by atoms with van der Waals surface area (Å²) >= 11 is 0. The Bertz CT molecular complexity index is 545. The fourth-order valence-corrected chi connectivity index (χ4v) is 1.73. The maximum atomic E-state index is 10.3. The van der Waals surface area contributed by atoms with Crippen molar-refractivity contribution in [2.45, 2.75) is 44.9 Å². The lowest BCUT2D eigenvalue weighted by Gasteiger charge is -1.97. The highest BCUT2D eigenvalue weighted by Crippen LogP contribution is 2.07. The predicted octanol–water partition coefficient (Wildman–Crippen LogP) is 4.01. The molecule has 0 atom stereocenters. The van der Waals surface area contributed by atoms with E-state index >= 15 is 0 Å². The Labute approximate surface area is 126 Å². The van der Waals surface area contributed by atoms with Gasteiger partial charge >= 0.3 is 5.97 Å². The van der Waals surface area contributed by atoms with Gasteiger partial charge in [0, 0.05) is 6.42 Å². The number of hydrogen-bond donors (Lipinski definition) is 1. The van der Waals surface area contributed by atoms with Gasteiger partial charge in [0.2, 0.25) is 0 Å². The molecular weight excluding hydrogens is 264 g/mol. The summed E-state index contributed by atoms with van der Waals surface area (Å²) in [5.74, 6) is 11.0. The number of hydrogen-bond acceptors (Lipinski definition) is 2. The monoisotopic (exact) mass is 284 g/mol. The number of carboxylic acids is 1. The van der Waals surface area contributed by atoms with Crippen molar-refractivity contribution >= 4 is 5.97 Å². The van der Waals surface area contributed by atoms with Crippen molar-refractivity contribution in [3.8, 4) is 23.7 Å². The average molecular weight is 284 g/mol. The Morgan fingerprint density at radius 1 is 1.19 bits per heavy atom. The van der Waals surface area contributed by atoms with Gasteiger partial charge in [-0.2, -0.15) is 0 Å². The maximum absolute atomic E-state index is 10.3. The summed E-state index contributed by atoms with van der Waals surface area (Å²) in [5.41, 5.74) is 0. The topological polar surface area (TPSA) is 50.4 Å². The van der Waals surface area contributed by atoms with Crippen LogP contribution in [0, 0.1) is 23.7 Å². The molecule has 0 aliphatic heterocycles. The summed E-state index contributed by atoms with van der Waals surface area (Å²) in [6.45, 7) is 0. The lowest BCUT2D eigenvalue weighted by Crippen LogP contribution is -1.93. The second kappa shape index (κ2) is 11.4. The molecule has 3 heteroatoms. The lowest BCUT2D eigenvalue weighted by molar-refractivity contribution is -0.137. The molecule has 0 spiro atoms. The zero-order valence-corrected chi connectivity index (χ0v) is 12.1. The molecule has 110 valence electrons. The van der Waals surface area contributed by atoms with Gasteiger partial charge in [-0.25, -0.2) is 0 Å². The third kappa shape index (κ3) is 10.1. The fraction of sp³-hybridized carbons (Fsp3) is 0.389. The van der Waals surface area contributed by atoms with Crippen molar-refractivity contribution < 1.29 is 14.3 Å². The minimum atomic E-state index is -0.702. The highest BCUT2D eigenvalue weighted by Gasteiger charge is 1.95. The van der Waals surface area contributed by atoms with Gasteiger partial charge in [0.15, 0.2) is 5.76 Å². The molecule has 1 rings (SSSR count). The van der Waals surface area contributed by atoms with E-state index in [0.29, 0.717) is 5.76 Å². The van der Waals surface area contributed by atoms with Gasteiger partial charge in [-0.15, -0.1) is 0 Å². The normalized spacial score (nSPS) is 9.71. The van der Waals surface area contributed by atoms with E-state index in [4.69, 9.17) is 9.52 Å². The third-order valence-corrected chi connectivity index (χ3v) is 2.80. The van der Waals surface area contributed by atoms with Gasteiger partial charge in [-0.3, -0.25) is 4.79 Å². The lowest BCUT2D eigenvalue weighted by atomic mass is 10.1. The molecule has 0 saturated carbocycles. The minimum Gasteiger partial charge on any atom is -0.481 e. The smallest absolute Gasteiger partial charge is 0.303 e. The molecule has 0 unspecified atom stereocenters. The zero-order valence-electron chi connectivity index (χ0n) is 12.1. The average Bonchev–Trinajstić information content (AvgIpc) is 2.97. The van der Waals surface area contributed by atoms with Gasteiger partial charge in [-0.05, 0) is 55.2 Å². The van der Waals surface area contributed by atoms with Crippen LogP contribution in [-0.2, 0) is 4.79 Å². The van der Waals surface area contributed by atoms with Crippen molar-refractivity contribution in [3.05, 3.63) is 36.3 Å². The first-order valence-corrected chi connectivity index (χ1v) is 7.21. The van der Waals surface area contributed by atoms with Crippen LogP contribution in [-0.4, -0.2) is 11.1 Å². The van der Waals surface area contributed by atoms with Gasteiger partial charge in [0.25, 0.3) is 0 Å². The van der Waals surface area contributed by atoms with Crippen LogP contribution >= 0.6 is 0 Å². The molecule has 1 N–H and O–H groups in total. The molecule has 1 heterocycles. The van der Waals surface area contributed by atoms with Crippen LogP contribution in [0.2, 0.25) is 0 Å². The molecule has 0 amide bonds. The summed E-state index contributed by atoms with van der Waals surface area (Å²) in [4.78, 5) is 10.3. The molecule has 0 bridgehead atoms. The molecule has 0 fully saturated rings. The Kier molecular flexibility index (Phi) is 9.08. The van der Waals surface area contributed by atoms with Gasteiger partial charge in [0.1, 0.15) is 0 Å². The quantitative estimate of drug-likeness (QED) is 0.579. The van der Waals surface area contributed by atoms with E-state index in [1.807, 2.05) is 12.2 Å². The number of unbranched alkanes of at least 4 members (excludes halogenated alkanes) is 5. The van der Waals surface area contributed by atoms with Crippen LogP contribution in [0.5, 0.6) is 0 Å². The maximum Gasteiger partial charge on any atom is 0.303 e. The fourth-order valence-electron chi connectivity index (χ4n) is 1.73. The van der Waals surface area contributed by atoms with Crippen molar-refractivity contribution in [2.24, 2.45) is 0 Å². The number of carbonyl (C=O) groups is 1. The molecular formula is C18H20O3. The van der Waals surface area contributed by atoms with Crippen LogP contribution in [0.25, 0.3) is 0 Å². The molecule has 0 saturated heterocycles. The molecule has 0 radical (unpaired) electrons. The Hall–Kier alpha value is -2.39. The Morgan fingerprint density at radius 2 is 2.00 bits per heavy atom. The molecule has 0 aliphatic rings. The largest absolute Gasteiger partial charge is 0.481 e. The summed E-state index contributed by atoms with van der Waals surface area (Å²) in [6.07, 6.45) is 11.9. The van der Waals surface area contributed by atoms with Crippen molar-refractivity contribution in [1.82, 2.24) is 0 Å². The van der Waals surface area contributed by atoms with E-state index < -0.39 is 5.97 Å². The summed E-state index contributed by atoms with van der Waals surface area (Å²) < 4.78 is 5.05. The number of allylic oxidation sites excluding steroid dienone is 2. The summed E-state index contributed by atoms with van der Waals surface area (Å²) in [6, 6.07) is 3.58. The molecule has 0 aromatic carbocycles. The summed E-state index contributed by atoms with van der Waals surface area (Å²) in [7, 11) is 0. The highest BCUT2D eigenvalue weighted by molar-refractivity contribution is 5.66. The van der Waals surface area contributed by atoms with E-state index in [0.717, 1.165) is 38.5 Å². The Balaban J connectivity index is 1.99. The van der Waals surface area contributed by atoms with Crippen molar-refractivity contribution in [3.63, 3.8) is 0 Å². The molecule has 1 aromatic rings. The molecule has 3 nitrogen and oxygen atoms in total. The van der Waals surface area contributed by atoms with E-state index in [1.165, 1.54) is 0 Å². The summed E-state index contributed by atoms with van der Waals surface area (Å²) in [5, 5.41) is 8.49. The SMILES string of the molecule is O=C(O)CCCCCCCC=CC#CC#Cc1ccco1. The number of aliphatic carboxylic acids is 1. The third-order valence-electron chi connectivity index (χ3n) is 2.80. The molecule has 1 aromatic heterocycles. The van der Waals surface area contributed by atoms with Crippen LogP contribution in [0.1, 0.15) is 50.7 Å². The number of carboxylic acid groups (broad SMARTS) is 1. The molecule has 0 aliphatic carbocycles. The Morgan fingerprint density at radius 3 is 2.76 bits per heavy atom. The van der Waals surface area contributed by atoms with Crippen LogP contribution in [0.3, 0.4) is 0 Å².